The predicted octanol–water partition coefficient (Wildman–Crippen LogP) is 5.71. The summed E-state index contributed by atoms with van der Waals surface area (Å²) in [6.45, 7) is 5.27. The van der Waals surface area contributed by atoms with Crippen LogP contribution < -0.4 is 15.3 Å². The van der Waals surface area contributed by atoms with Crippen LogP contribution in [-0.4, -0.2) is 6.73 Å². The second kappa shape index (κ2) is 7.88. The van der Waals surface area contributed by atoms with Crippen molar-refractivity contribution in [1.82, 2.24) is 0 Å². The summed E-state index contributed by atoms with van der Waals surface area (Å²) < 4.78 is 11.6. The zero-order valence-corrected chi connectivity index (χ0v) is 17.0. The molecule has 1 aliphatic heterocycles. The van der Waals surface area contributed by atoms with Crippen molar-refractivity contribution in [3.8, 4) is 5.75 Å². The Labute approximate surface area is 169 Å². The standard InChI is InChI=1S/C23H24ClNO3/c1-3-5-8-16-11-21(26)28-22-18(16)12-20(24)23-19(22)13-25(14-27-23)17-9-6-7-15(4-2)10-17/h6-7,9-12H,3-5,8,13-14H2,1-2H3. The molecule has 0 N–H and O–H groups in total. The van der Waals surface area contributed by atoms with Crippen molar-refractivity contribution in [3.63, 3.8) is 0 Å². The SMILES string of the molecule is CCCCc1cc(=O)oc2c3c(c(Cl)cc12)OCN(c1cccc(CC)c1)C3. The normalized spacial score (nSPS) is 13.5. The number of unbranched alkanes of at least 4 members (excludes halogenated alkanes) is 1. The highest BCUT2D eigenvalue weighted by Gasteiger charge is 2.25. The molecule has 0 saturated carbocycles. The molecule has 4 nitrogen and oxygen atoms in total. The smallest absolute Gasteiger partial charge is 0.336 e. The Balaban J connectivity index is 1.82. The number of benzene rings is 2. The molecule has 1 aliphatic rings. The molecule has 0 atom stereocenters. The molecule has 0 aliphatic carbocycles. The van der Waals surface area contributed by atoms with Crippen molar-refractivity contribution in [2.75, 3.05) is 11.6 Å². The van der Waals surface area contributed by atoms with Gasteiger partial charge in [0.15, 0.2) is 6.73 Å². The van der Waals surface area contributed by atoms with E-state index < -0.39 is 0 Å². The first-order valence-electron chi connectivity index (χ1n) is 9.85. The second-order valence-electron chi connectivity index (χ2n) is 7.23. The molecule has 0 spiro atoms. The van der Waals surface area contributed by atoms with Crippen molar-refractivity contribution in [1.29, 1.82) is 0 Å². The Morgan fingerprint density at radius 1 is 1.18 bits per heavy atom. The van der Waals surface area contributed by atoms with Gasteiger partial charge in [-0.3, -0.25) is 0 Å². The van der Waals surface area contributed by atoms with Crippen LogP contribution in [-0.2, 0) is 19.4 Å². The molecule has 0 unspecified atom stereocenters. The van der Waals surface area contributed by atoms with Gasteiger partial charge in [-0.2, -0.15) is 0 Å². The second-order valence-corrected chi connectivity index (χ2v) is 7.64. The van der Waals surface area contributed by atoms with Gasteiger partial charge in [0.2, 0.25) is 0 Å². The maximum absolute atomic E-state index is 12.2. The summed E-state index contributed by atoms with van der Waals surface area (Å²) in [6.07, 6.45) is 3.88. The van der Waals surface area contributed by atoms with Gasteiger partial charge in [0, 0.05) is 17.1 Å². The Morgan fingerprint density at radius 2 is 2.04 bits per heavy atom. The first kappa shape index (κ1) is 18.9. The lowest BCUT2D eigenvalue weighted by Gasteiger charge is -2.32. The van der Waals surface area contributed by atoms with Gasteiger partial charge in [-0.25, -0.2) is 4.79 Å². The van der Waals surface area contributed by atoms with E-state index in [9.17, 15) is 4.79 Å². The number of hydrogen-bond acceptors (Lipinski definition) is 4. The number of rotatable bonds is 5. The fraction of sp³-hybridized carbons (Fsp3) is 0.348. The summed E-state index contributed by atoms with van der Waals surface area (Å²) in [7, 11) is 0. The summed E-state index contributed by atoms with van der Waals surface area (Å²) in [5, 5.41) is 1.47. The lowest BCUT2D eigenvalue weighted by atomic mass is 10.0. The highest BCUT2D eigenvalue weighted by Crippen LogP contribution is 2.40. The summed E-state index contributed by atoms with van der Waals surface area (Å²) in [4.78, 5) is 14.4. The molecule has 1 aromatic heterocycles. The average molecular weight is 398 g/mol. The molecule has 28 heavy (non-hydrogen) atoms. The van der Waals surface area contributed by atoms with E-state index in [0.29, 0.717) is 29.6 Å². The van der Waals surface area contributed by atoms with Gasteiger partial charge in [0.25, 0.3) is 0 Å². The molecular weight excluding hydrogens is 374 g/mol. The van der Waals surface area contributed by atoms with E-state index >= 15 is 0 Å². The Kier molecular flexibility index (Phi) is 5.31. The van der Waals surface area contributed by atoms with Gasteiger partial charge < -0.3 is 14.1 Å². The number of anilines is 1. The Bertz CT molecular complexity index is 1070. The quantitative estimate of drug-likeness (QED) is 0.517. The minimum absolute atomic E-state index is 0.326. The van der Waals surface area contributed by atoms with E-state index in [1.54, 1.807) is 6.07 Å². The Hall–Kier alpha value is -2.46. The van der Waals surface area contributed by atoms with Crippen LogP contribution in [0.25, 0.3) is 11.0 Å². The van der Waals surface area contributed by atoms with Gasteiger partial charge >= 0.3 is 5.63 Å². The first-order valence-corrected chi connectivity index (χ1v) is 10.2. The van der Waals surface area contributed by atoms with E-state index in [1.165, 1.54) is 5.56 Å². The molecular formula is C23H24ClNO3. The first-order chi connectivity index (χ1) is 13.6. The molecule has 2 heterocycles. The van der Waals surface area contributed by atoms with Crippen LogP contribution in [0.2, 0.25) is 5.02 Å². The molecule has 0 radical (unpaired) electrons. The zero-order chi connectivity index (χ0) is 19.7. The summed E-state index contributed by atoms with van der Waals surface area (Å²) in [5.41, 5.74) is 4.45. The van der Waals surface area contributed by atoms with Gasteiger partial charge in [0.1, 0.15) is 11.3 Å². The molecule has 0 bridgehead atoms. The fourth-order valence-electron chi connectivity index (χ4n) is 3.76. The van der Waals surface area contributed by atoms with Crippen LogP contribution in [0.3, 0.4) is 0 Å². The van der Waals surface area contributed by atoms with E-state index in [1.807, 2.05) is 6.07 Å². The highest BCUT2D eigenvalue weighted by molar-refractivity contribution is 6.33. The van der Waals surface area contributed by atoms with Crippen LogP contribution in [0.4, 0.5) is 5.69 Å². The third kappa shape index (κ3) is 3.49. The highest BCUT2D eigenvalue weighted by atomic mass is 35.5. The van der Waals surface area contributed by atoms with Crippen LogP contribution in [0, 0.1) is 0 Å². The lowest BCUT2D eigenvalue weighted by Crippen LogP contribution is -2.32. The van der Waals surface area contributed by atoms with E-state index in [0.717, 1.165) is 47.9 Å². The van der Waals surface area contributed by atoms with E-state index in [2.05, 4.69) is 43.0 Å². The molecule has 5 heteroatoms. The molecule has 0 saturated heterocycles. The third-order valence-corrected chi connectivity index (χ3v) is 5.60. The fourth-order valence-corrected chi connectivity index (χ4v) is 4.04. The van der Waals surface area contributed by atoms with Crippen molar-refractivity contribution < 1.29 is 9.15 Å². The van der Waals surface area contributed by atoms with Crippen LogP contribution >= 0.6 is 11.6 Å². The number of ether oxygens (including phenoxy) is 1. The molecule has 0 fully saturated rings. The molecule has 3 aromatic rings. The van der Waals surface area contributed by atoms with Crippen LogP contribution in [0.15, 0.2) is 45.6 Å². The summed E-state index contributed by atoms with van der Waals surface area (Å²) in [6, 6.07) is 11.9. The number of hydrogen-bond donors (Lipinski definition) is 0. The predicted molar refractivity (Wildman–Crippen MR) is 114 cm³/mol. The monoisotopic (exact) mass is 397 g/mol. The zero-order valence-electron chi connectivity index (χ0n) is 16.3. The minimum Gasteiger partial charge on any atom is -0.471 e. The molecule has 2 aromatic carbocycles. The van der Waals surface area contributed by atoms with Crippen molar-refractivity contribution in [3.05, 3.63) is 68.5 Å². The average Bonchev–Trinajstić information content (AvgIpc) is 2.72. The van der Waals surface area contributed by atoms with Gasteiger partial charge in [-0.1, -0.05) is 44.0 Å². The minimum atomic E-state index is -0.326. The number of fused-ring (bicyclic) bond motifs is 3. The van der Waals surface area contributed by atoms with Crippen molar-refractivity contribution in [2.24, 2.45) is 0 Å². The van der Waals surface area contributed by atoms with Gasteiger partial charge in [-0.15, -0.1) is 0 Å². The van der Waals surface area contributed by atoms with E-state index in [-0.39, 0.29) is 5.63 Å². The van der Waals surface area contributed by atoms with Crippen LogP contribution in [0.1, 0.15) is 43.4 Å². The number of aryl methyl sites for hydroxylation is 2. The van der Waals surface area contributed by atoms with E-state index in [4.69, 9.17) is 20.8 Å². The Morgan fingerprint density at radius 3 is 2.82 bits per heavy atom. The summed E-state index contributed by atoms with van der Waals surface area (Å²) in [5.74, 6) is 0.618. The van der Waals surface area contributed by atoms with Crippen molar-refractivity contribution >= 4 is 28.3 Å². The van der Waals surface area contributed by atoms with Gasteiger partial charge in [-0.05, 0) is 48.6 Å². The van der Waals surface area contributed by atoms with Crippen molar-refractivity contribution in [2.45, 2.75) is 46.1 Å². The lowest BCUT2D eigenvalue weighted by molar-refractivity contribution is 0.289. The maximum Gasteiger partial charge on any atom is 0.336 e. The number of nitrogens with zero attached hydrogens (tertiary/aromatic N) is 1. The third-order valence-electron chi connectivity index (χ3n) is 5.32. The molecule has 4 rings (SSSR count). The topological polar surface area (TPSA) is 42.7 Å². The van der Waals surface area contributed by atoms with Crippen LogP contribution in [0.5, 0.6) is 5.75 Å². The largest absolute Gasteiger partial charge is 0.471 e. The van der Waals surface area contributed by atoms with Gasteiger partial charge in [0.05, 0.1) is 17.1 Å². The summed E-state index contributed by atoms with van der Waals surface area (Å²) >= 11 is 6.55. The number of halogens is 1. The molecule has 0 amide bonds. The maximum atomic E-state index is 12.2. The molecule has 146 valence electrons.